The molecule has 0 saturated carbocycles. The number of pyridine rings is 1. The second-order valence-electron chi connectivity index (χ2n) is 3.76. The summed E-state index contributed by atoms with van der Waals surface area (Å²) in [6, 6.07) is 9.27. The Hall–Kier alpha value is -1.95. The maximum atomic E-state index is 13.3. The number of aromatic nitrogens is 1. The first-order chi connectivity index (χ1) is 9.15. The van der Waals surface area contributed by atoms with Gasteiger partial charge in [-0.1, -0.05) is 34.1 Å². The van der Waals surface area contributed by atoms with Crippen LogP contribution in [-0.2, 0) is 6.54 Å². The number of carbonyl (C=O) groups is 1. The maximum Gasteiger partial charge on any atom is 0.320 e. The van der Waals surface area contributed by atoms with Gasteiger partial charge in [0.15, 0.2) is 0 Å². The molecule has 19 heavy (non-hydrogen) atoms. The average molecular weight is 324 g/mol. The number of hydrogen-bond donors (Lipinski definition) is 2. The smallest absolute Gasteiger partial charge is 0.320 e. The molecule has 0 aliphatic rings. The number of nitrogens with one attached hydrogen (secondary N) is 2. The average Bonchev–Trinajstić information content (AvgIpc) is 2.38. The molecule has 0 radical (unpaired) electrons. The van der Waals surface area contributed by atoms with E-state index in [2.05, 4.69) is 31.5 Å². The minimum Gasteiger partial charge on any atom is -0.334 e. The molecule has 6 heteroatoms. The Morgan fingerprint density at radius 2 is 2.11 bits per heavy atom. The van der Waals surface area contributed by atoms with Crippen molar-refractivity contribution in [3.63, 3.8) is 0 Å². The highest BCUT2D eigenvalue weighted by molar-refractivity contribution is 9.10. The molecule has 1 aromatic carbocycles. The van der Waals surface area contributed by atoms with Gasteiger partial charge < -0.3 is 5.32 Å². The molecular formula is C13H11BrFN3O. The second-order valence-corrected chi connectivity index (χ2v) is 4.67. The highest BCUT2D eigenvalue weighted by Crippen LogP contribution is 2.12. The number of nitrogens with zero attached hydrogens (tertiary/aromatic N) is 1. The van der Waals surface area contributed by atoms with Crippen molar-refractivity contribution in [3.05, 3.63) is 58.4 Å². The van der Waals surface area contributed by atoms with Gasteiger partial charge in [-0.15, -0.1) is 0 Å². The number of hydrogen-bond acceptors (Lipinski definition) is 2. The Morgan fingerprint density at radius 1 is 1.32 bits per heavy atom. The fourth-order valence-corrected chi connectivity index (χ4v) is 1.79. The summed E-state index contributed by atoms with van der Waals surface area (Å²) < 4.78 is 14.1. The first-order valence-electron chi connectivity index (χ1n) is 5.55. The molecule has 2 N–H and O–H groups in total. The van der Waals surface area contributed by atoms with Crippen LogP contribution in [0, 0.1) is 5.82 Å². The molecule has 0 aliphatic heterocycles. The van der Waals surface area contributed by atoms with Gasteiger partial charge in [0, 0.05) is 22.8 Å². The molecule has 2 aromatic rings. The van der Waals surface area contributed by atoms with E-state index in [1.165, 1.54) is 6.07 Å². The van der Waals surface area contributed by atoms with Crippen molar-refractivity contribution >= 4 is 27.8 Å². The third-order valence-electron chi connectivity index (χ3n) is 2.36. The van der Waals surface area contributed by atoms with Crippen molar-refractivity contribution in [1.29, 1.82) is 0 Å². The fraction of sp³-hybridized carbons (Fsp3) is 0.0769. The summed E-state index contributed by atoms with van der Waals surface area (Å²) in [7, 11) is 0. The third-order valence-corrected chi connectivity index (χ3v) is 2.85. The first-order valence-corrected chi connectivity index (χ1v) is 6.34. The van der Waals surface area contributed by atoms with Gasteiger partial charge in [0.25, 0.3) is 0 Å². The zero-order chi connectivity index (χ0) is 13.7. The van der Waals surface area contributed by atoms with Crippen molar-refractivity contribution in [2.24, 2.45) is 0 Å². The first kappa shape index (κ1) is 13.5. The number of anilines is 1. The van der Waals surface area contributed by atoms with E-state index in [0.29, 0.717) is 11.4 Å². The van der Waals surface area contributed by atoms with Crippen LogP contribution in [0.4, 0.5) is 15.0 Å². The van der Waals surface area contributed by atoms with Crippen molar-refractivity contribution in [3.8, 4) is 0 Å². The van der Waals surface area contributed by atoms with E-state index in [9.17, 15) is 9.18 Å². The third kappa shape index (κ3) is 4.03. The Kier molecular flexibility index (Phi) is 4.46. The Bertz CT molecular complexity index is 592. The number of rotatable bonds is 3. The van der Waals surface area contributed by atoms with Crippen molar-refractivity contribution in [1.82, 2.24) is 10.3 Å². The van der Waals surface area contributed by atoms with Gasteiger partial charge in [-0.2, -0.15) is 0 Å². The largest absolute Gasteiger partial charge is 0.334 e. The lowest BCUT2D eigenvalue weighted by molar-refractivity contribution is 0.251. The zero-order valence-electron chi connectivity index (χ0n) is 9.86. The lowest BCUT2D eigenvalue weighted by Gasteiger charge is -2.07. The van der Waals surface area contributed by atoms with Gasteiger partial charge in [-0.25, -0.2) is 14.2 Å². The highest BCUT2D eigenvalue weighted by atomic mass is 79.9. The molecule has 2 rings (SSSR count). The summed E-state index contributed by atoms with van der Waals surface area (Å²) in [6.45, 7) is 0.118. The second kappa shape index (κ2) is 6.29. The van der Waals surface area contributed by atoms with Crippen molar-refractivity contribution in [2.75, 3.05) is 5.32 Å². The van der Waals surface area contributed by atoms with Crippen LogP contribution in [0.2, 0.25) is 0 Å². The molecule has 2 amide bonds. The van der Waals surface area contributed by atoms with E-state index in [-0.39, 0.29) is 12.4 Å². The summed E-state index contributed by atoms with van der Waals surface area (Å²) in [6.07, 6.45) is 1.57. The Balaban J connectivity index is 1.90. The van der Waals surface area contributed by atoms with Crippen LogP contribution in [0.1, 0.15) is 5.56 Å². The van der Waals surface area contributed by atoms with Gasteiger partial charge in [-0.3, -0.25) is 5.32 Å². The van der Waals surface area contributed by atoms with E-state index in [0.717, 1.165) is 4.47 Å². The summed E-state index contributed by atoms with van der Waals surface area (Å²) >= 11 is 3.28. The van der Waals surface area contributed by atoms with E-state index in [1.54, 1.807) is 36.5 Å². The highest BCUT2D eigenvalue weighted by Gasteiger charge is 2.05. The van der Waals surface area contributed by atoms with Crippen LogP contribution in [0.15, 0.2) is 47.1 Å². The Labute approximate surface area is 118 Å². The van der Waals surface area contributed by atoms with Crippen LogP contribution >= 0.6 is 15.9 Å². The monoisotopic (exact) mass is 323 g/mol. The van der Waals surface area contributed by atoms with Gasteiger partial charge in [0.1, 0.15) is 11.6 Å². The van der Waals surface area contributed by atoms with Crippen LogP contribution in [-0.4, -0.2) is 11.0 Å². The molecule has 1 heterocycles. The SMILES string of the molecule is O=C(NCc1ccccc1F)Nc1cc(Br)ccn1. The maximum absolute atomic E-state index is 13.3. The number of urea groups is 1. The molecule has 0 fully saturated rings. The quantitative estimate of drug-likeness (QED) is 0.910. The van der Waals surface area contributed by atoms with E-state index in [4.69, 9.17) is 0 Å². The molecule has 0 bridgehead atoms. The van der Waals surface area contributed by atoms with Crippen LogP contribution in [0.5, 0.6) is 0 Å². The number of carbonyl (C=O) groups excluding carboxylic acids is 1. The van der Waals surface area contributed by atoms with E-state index < -0.39 is 6.03 Å². The van der Waals surface area contributed by atoms with Gasteiger partial charge in [0.05, 0.1) is 0 Å². The molecule has 1 aromatic heterocycles. The molecule has 0 unspecified atom stereocenters. The summed E-state index contributed by atoms with van der Waals surface area (Å²) in [5.74, 6) is 0.0730. The topological polar surface area (TPSA) is 54.0 Å². The summed E-state index contributed by atoms with van der Waals surface area (Å²) in [5.41, 5.74) is 0.430. The molecule has 0 saturated heterocycles. The minimum absolute atomic E-state index is 0.118. The van der Waals surface area contributed by atoms with Crippen molar-refractivity contribution < 1.29 is 9.18 Å². The lowest BCUT2D eigenvalue weighted by Crippen LogP contribution is -2.28. The lowest BCUT2D eigenvalue weighted by atomic mass is 10.2. The molecule has 0 aliphatic carbocycles. The van der Waals surface area contributed by atoms with Crippen LogP contribution < -0.4 is 10.6 Å². The predicted octanol–water partition coefficient (Wildman–Crippen LogP) is 3.30. The van der Waals surface area contributed by atoms with Crippen molar-refractivity contribution in [2.45, 2.75) is 6.54 Å². The normalized spacial score (nSPS) is 10.0. The number of amides is 2. The molecule has 4 nitrogen and oxygen atoms in total. The van der Waals surface area contributed by atoms with Gasteiger partial charge >= 0.3 is 6.03 Å². The van der Waals surface area contributed by atoms with E-state index >= 15 is 0 Å². The zero-order valence-corrected chi connectivity index (χ0v) is 11.4. The minimum atomic E-state index is -0.436. The molecule has 98 valence electrons. The van der Waals surface area contributed by atoms with E-state index in [1.807, 2.05) is 0 Å². The molecular weight excluding hydrogens is 313 g/mol. The Morgan fingerprint density at radius 3 is 2.84 bits per heavy atom. The summed E-state index contributed by atoms with van der Waals surface area (Å²) in [5, 5.41) is 5.12. The van der Waals surface area contributed by atoms with Gasteiger partial charge in [-0.05, 0) is 18.2 Å². The molecule has 0 atom stereocenters. The number of benzene rings is 1. The van der Waals surface area contributed by atoms with Gasteiger partial charge in [0.2, 0.25) is 0 Å². The fourth-order valence-electron chi connectivity index (χ4n) is 1.45. The molecule has 0 spiro atoms. The van der Waals surface area contributed by atoms with Crippen LogP contribution in [0.25, 0.3) is 0 Å². The summed E-state index contributed by atoms with van der Waals surface area (Å²) in [4.78, 5) is 15.6. The predicted molar refractivity (Wildman–Crippen MR) is 74.2 cm³/mol. The van der Waals surface area contributed by atoms with Crippen LogP contribution in [0.3, 0.4) is 0 Å². The number of halogens is 2. The standard InChI is InChI=1S/C13H11BrFN3O/c14-10-5-6-16-12(7-10)18-13(19)17-8-9-3-1-2-4-11(9)15/h1-7H,8H2,(H2,16,17,18,19).